The maximum absolute atomic E-state index is 12.4. The molecule has 0 aliphatic rings. The number of carboxylic acids is 1. The van der Waals surface area contributed by atoms with Crippen LogP contribution in [0.4, 0.5) is 13.2 Å². The van der Waals surface area contributed by atoms with E-state index in [2.05, 4.69) is 5.32 Å². The zero-order chi connectivity index (χ0) is 16.4. The lowest BCUT2D eigenvalue weighted by Crippen LogP contribution is -2.49. The highest BCUT2D eigenvalue weighted by atomic mass is 19.4. The average molecular weight is 303 g/mol. The molecule has 7 heteroatoms. The summed E-state index contributed by atoms with van der Waals surface area (Å²) in [5.74, 6) is -1.94. The highest BCUT2D eigenvalue weighted by molar-refractivity contribution is 5.96. The molecule has 1 unspecified atom stereocenters. The van der Waals surface area contributed by atoms with Crippen molar-refractivity contribution >= 4 is 11.9 Å². The normalized spacial score (nSPS) is 13.6. The maximum atomic E-state index is 12.4. The molecule has 0 heterocycles. The third-order valence-electron chi connectivity index (χ3n) is 2.86. The molecule has 116 valence electrons. The summed E-state index contributed by atoms with van der Waals surface area (Å²) in [6, 6.07) is 2.44. The van der Waals surface area contributed by atoms with E-state index >= 15 is 0 Å². The van der Waals surface area contributed by atoms with Gasteiger partial charge in [-0.2, -0.15) is 13.2 Å². The smallest absolute Gasteiger partial charge is 0.416 e. The third kappa shape index (κ3) is 4.47. The molecular weight excluding hydrogens is 287 g/mol. The van der Waals surface area contributed by atoms with Crippen molar-refractivity contribution in [2.24, 2.45) is 5.41 Å². The van der Waals surface area contributed by atoms with E-state index in [1.807, 2.05) is 0 Å². The minimum Gasteiger partial charge on any atom is -0.480 e. The van der Waals surface area contributed by atoms with Crippen LogP contribution < -0.4 is 5.32 Å². The van der Waals surface area contributed by atoms with E-state index in [0.29, 0.717) is 0 Å². The van der Waals surface area contributed by atoms with Crippen molar-refractivity contribution in [3.05, 3.63) is 35.4 Å². The van der Waals surface area contributed by atoms with Gasteiger partial charge in [-0.05, 0) is 29.7 Å². The van der Waals surface area contributed by atoms with E-state index in [4.69, 9.17) is 5.11 Å². The Labute approximate surface area is 120 Å². The van der Waals surface area contributed by atoms with Gasteiger partial charge >= 0.3 is 12.1 Å². The Morgan fingerprint density at radius 2 is 1.57 bits per heavy atom. The number of alkyl halides is 3. The van der Waals surface area contributed by atoms with Crippen molar-refractivity contribution in [3.63, 3.8) is 0 Å². The Balaban J connectivity index is 2.92. The highest BCUT2D eigenvalue weighted by Gasteiger charge is 2.33. The first kappa shape index (κ1) is 17.0. The molecule has 1 aromatic rings. The molecule has 0 bridgehead atoms. The van der Waals surface area contributed by atoms with E-state index in [0.717, 1.165) is 24.3 Å². The van der Waals surface area contributed by atoms with Crippen LogP contribution in [-0.4, -0.2) is 23.0 Å². The Morgan fingerprint density at radius 3 is 1.90 bits per heavy atom. The summed E-state index contributed by atoms with van der Waals surface area (Å²) in [4.78, 5) is 23.0. The minimum absolute atomic E-state index is 0.0292. The fourth-order valence-corrected chi connectivity index (χ4v) is 1.67. The number of aliphatic carboxylic acids is 1. The molecule has 0 saturated carbocycles. The largest absolute Gasteiger partial charge is 0.480 e. The molecule has 0 aliphatic heterocycles. The van der Waals surface area contributed by atoms with Crippen LogP contribution in [0.25, 0.3) is 0 Å². The van der Waals surface area contributed by atoms with E-state index in [-0.39, 0.29) is 5.56 Å². The Bertz CT molecular complexity index is 530. The monoisotopic (exact) mass is 303 g/mol. The summed E-state index contributed by atoms with van der Waals surface area (Å²) in [7, 11) is 0. The molecule has 0 spiro atoms. The number of nitrogens with one attached hydrogen (secondary N) is 1. The van der Waals surface area contributed by atoms with Crippen molar-refractivity contribution in [3.8, 4) is 0 Å². The molecule has 0 radical (unpaired) electrons. The molecule has 0 aromatic heterocycles. The quantitative estimate of drug-likeness (QED) is 0.902. The molecule has 1 amide bonds. The Hall–Kier alpha value is -2.05. The standard InChI is InChI=1S/C14H16F3NO3/c1-13(2,3)10(12(20)21)18-11(19)8-4-6-9(7-5-8)14(15,16)17/h4-7,10H,1-3H3,(H,18,19)(H,20,21). The summed E-state index contributed by atoms with van der Waals surface area (Å²) in [6.07, 6.45) is -4.48. The van der Waals surface area contributed by atoms with E-state index in [9.17, 15) is 22.8 Å². The molecule has 1 rings (SSSR count). The van der Waals surface area contributed by atoms with Gasteiger partial charge in [-0.25, -0.2) is 4.79 Å². The molecule has 1 atom stereocenters. The number of carbonyl (C=O) groups excluding carboxylic acids is 1. The first-order valence-electron chi connectivity index (χ1n) is 6.14. The number of rotatable bonds is 3. The number of carboxylic acid groups (broad SMARTS) is 1. The van der Waals surface area contributed by atoms with Gasteiger partial charge in [-0.15, -0.1) is 0 Å². The molecule has 4 nitrogen and oxygen atoms in total. The van der Waals surface area contributed by atoms with Crippen LogP contribution >= 0.6 is 0 Å². The van der Waals surface area contributed by atoms with Crippen LogP contribution in [0.2, 0.25) is 0 Å². The van der Waals surface area contributed by atoms with E-state index in [1.54, 1.807) is 20.8 Å². The van der Waals surface area contributed by atoms with Gasteiger partial charge in [0.25, 0.3) is 5.91 Å². The first-order chi connectivity index (χ1) is 9.43. The summed E-state index contributed by atoms with van der Waals surface area (Å²) in [5, 5.41) is 11.4. The lowest BCUT2D eigenvalue weighted by atomic mass is 9.86. The average Bonchev–Trinajstić information content (AvgIpc) is 2.33. The van der Waals surface area contributed by atoms with Gasteiger partial charge in [0, 0.05) is 5.56 Å². The lowest BCUT2D eigenvalue weighted by Gasteiger charge is -2.27. The van der Waals surface area contributed by atoms with Gasteiger partial charge in [0.15, 0.2) is 0 Å². The van der Waals surface area contributed by atoms with Crippen LogP contribution in [0, 0.1) is 5.41 Å². The number of hydrogen-bond acceptors (Lipinski definition) is 2. The summed E-state index contributed by atoms with van der Waals surface area (Å²) in [6.45, 7) is 4.91. The second-order valence-corrected chi connectivity index (χ2v) is 5.69. The SMILES string of the molecule is CC(C)(C)C(NC(=O)c1ccc(C(F)(F)F)cc1)C(=O)O. The summed E-state index contributed by atoms with van der Waals surface area (Å²) in [5.41, 5.74) is -1.63. The van der Waals surface area contributed by atoms with Gasteiger partial charge in [-0.3, -0.25) is 4.79 Å². The minimum atomic E-state index is -4.48. The second-order valence-electron chi connectivity index (χ2n) is 5.69. The summed E-state index contributed by atoms with van der Waals surface area (Å²) >= 11 is 0. The van der Waals surface area contributed by atoms with Crippen molar-refractivity contribution in [1.82, 2.24) is 5.32 Å². The fraction of sp³-hybridized carbons (Fsp3) is 0.429. The predicted molar refractivity (Wildman–Crippen MR) is 69.8 cm³/mol. The number of benzene rings is 1. The number of hydrogen-bond donors (Lipinski definition) is 2. The van der Waals surface area contributed by atoms with Crippen LogP contribution in [0.15, 0.2) is 24.3 Å². The lowest BCUT2D eigenvalue weighted by molar-refractivity contribution is -0.142. The predicted octanol–water partition coefficient (Wildman–Crippen LogP) is 2.93. The van der Waals surface area contributed by atoms with Crippen LogP contribution in [0.5, 0.6) is 0 Å². The zero-order valence-corrected chi connectivity index (χ0v) is 11.8. The maximum Gasteiger partial charge on any atom is 0.416 e. The summed E-state index contributed by atoms with van der Waals surface area (Å²) < 4.78 is 37.2. The molecule has 1 aromatic carbocycles. The zero-order valence-electron chi connectivity index (χ0n) is 11.8. The van der Waals surface area contributed by atoms with Gasteiger partial charge in [0.05, 0.1) is 5.56 Å². The molecule has 2 N–H and O–H groups in total. The highest BCUT2D eigenvalue weighted by Crippen LogP contribution is 2.29. The second kappa shape index (κ2) is 5.75. The van der Waals surface area contributed by atoms with E-state index in [1.165, 1.54) is 0 Å². The molecule has 0 aliphatic carbocycles. The number of carbonyl (C=O) groups is 2. The van der Waals surface area contributed by atoms with Crippen molar-refractivity contribution < 1.29 is 27.9 Å². The first-order valence-corrected chi connectivity index (χ1v) is 6.14. The Kier molecular flexibility index (Phi) is 4.65. The van der Waals surface area contributed by atoms with Crippen LogP contribution in [0.1, 0.15) is 36.7 Å². The van der Waals surface area contributed by atoms with Gasteiger partial charge in [0.2, 0.25) is 0 Å². The van der Waals surface area contributed by atoms with Crippen molar-refractivity contribution in [2.75, 3.05) is 0 Å². The Morgan fingerprint density at radius 1 is 1.10 bits per heavy atom. The van der Waals surface area contributed by atoms with Crippen LogP contribution in [-0.2, 0) is 11.0 Å². The molecule has 0 saturated heterocycles. The van der Waals surface area contributed by atoms with Gasteiger partial charge < -0.3 is 10.4 Å². The van der Waals surface area contributed by atoms with Gasteiger partial charge in [-0.1, -0.05) is 20.8 Å². The topological polar surface area (TPSA) is 66.4 Å². The van der Waals surface area contributed by atoms with E-state index < -0.39 is 35.1 Å². The molecular formula is C14H16F3NO3. The molecule has 0 fully saturated rings. The number of amides is 1. The van der Waals surface area contributed by atoms with Crippen molar-refractivity contribution in [2.45, 2.75) is 33.0 Å². The van der Waals surface area contributed by atoms with Gasteiger partial charge in [0.1, 0.15) is 6.04 Å². The third-order valence-corrected chi connectivity index (χ3v) is 2.86. The number of halogens is 3. The van der Waals surface area contributed by atoms with Crippen LogP contribution in [0.3, 0.4) is 0 Å². The molecule has 21 heavy (non-hydrogen) atoms. The van der Waals surface area contributed by atoms with Crippen molar-refractivity contribution in [1.29, 1.82) is 0 Å². The fourth-order valence-electron chi connectivity index (χ4n) is 1.67.